The van der Waals surface area contributed by atoms with Crippen LogP contribution in [0.2, 0.25) is 0 Å². The van der Waals surface area contributed by atoms with Crippen molar-refractivity contribution >= 4 is 11.8 Å². The standard InChI is InChI=1S/C17H29NS/c1-6-18-16(13-19-7-2)12-14-8-10-15(11-9-14)17(3,4)5/h8-11,16,18H,6-7,12-13H2,1-5H3. The summed E-state index contributed by atoms with van der Waals surface area (Å²) < 4.78 is 0. The summed E-state index contributed by atoms with van der Waals surface area (Å²) in [4.78, 5) is 0. The Labute approximate surface area is 123 Å². The Bertz CT molecular complexity index is 351. The van der Waals surface area contributed by atoms with E-state index in [9.17, 15) is 0 Å². The summed E-state index contributed by atoms with van der Waals surface area (Å²) in [6, 6.07) is 9.75. The normalized spacial score (nSPS) is 13.5. The highest BCUT2D eigenvalue weighted by atomic mass is 32.2. The van der Waals surface area contributed by atoms with Crippen LogP contribution in [-0.4, -0.2) is 24.1 Å². The topological polar surface area (TPSA) is 12.0 Å². The number of thioether (sulfide) groups is 1. The van der Waals surface area contributed by atoms with Crippen molar-refractivity contribution in [3.05, 3.63) is 35.4 Å². The minimum Gasteiger partial charge on any atom is -0.313 e. The molecule has 0 aromatic heterocycles. The second-order valence-corrected chi connectivity index (χ2v) is 7.38. The molecule has 0 aliphatic rings. The van der Waals surface area contributed by atoms with Gasteiger partial charge in [-0.3, -0.25) is 0 Å². The van der Waals surface area contributed by atoms with Crippen LogP contribution in [0, 0.1) is 0 Å². The van der Waals surface area contributed by atoms with E-state index in [1.807, 2.05) is 11.8 Å². The molecule has 1 unspecified atom stereocenters. The van der Waals surface area contributed by atoms with E-state index < -0.39 is 0 Å². The summed E-state index contributed by atoms with van der Waals surface area (Å²) in [5.74, 6) is 2.40. The number of benzene rings is 1. The van der Waals surface area contributed by atoms with Crippen molar-refractivity contribution in [2.45, 2.75) is 52.5 Å². The molecule has 0 heterocycles. The fraction of sp³-hybridized carbons (Fsp3) is 0.647. The number of nitrogens with one attached hydrogen (secondary N) is 1. The van der Waals surface area contributed by atoms with Gasteiger partial charge in [0, 0.05) is 11.8 Å². The van der Waals surface area contributed by atoms with Crippen molar-refractivity contribution in [3.8, 4) is 0 Å². The summed E-state index contributed by atoms with van der Waals surface area (Å²) in [6.45, 7) is 12.3. The zero-order valence-electron chi connectivity index (χ0n) is 13.1. The molecule has 0 saturated heterocycles. The molecule has 1 rings (SSSR count). The third kappa shape index (κ3) is 6.01. The maximum atomic E-state index is 3.59. The van der Waals surface area contributed by atoms with Crippen LogP contribution < -0.4 is 5.32 Å². The average Bonchev–Trinajstić information content (AvgIpc) is 2.36. The number of likely N-dealkylation sites (N-methyl/N-ethyl adjacent to an activating group) is 1. The highest BCUT2D eigenvalue weighted by molar-refractivity contribution is 7.99. The van der Waals surface area contributed by atoms with Gasteiger partial charge in [0.2, 0.25) is 0 Å². The fourth-order valence-electron chi connectivity index (χ4n) is 2.16. The molecule has 0 spiro atoms. The van der Waals surface area contributed by atoms with Crippen LogP contribution >= 0.6 is 11.8 Å². The number of rotatable bonds is 7. The maximum Gasteiger partial charge on any atom is 0.0198 e. The Balaban J connectivity index is 2.64. The first kappa shape index (κ1) is 16.6. The molecule has 0 aliphatic heterocycles. The van der Waals surface area contributed by atoms with Gasteiger partial charge in [0.25, 0.3) is 0 Å². The lowest BCUT2D eigenvalue weighted by molar-refractivity contribution is 0.570. The summed E-state index contributed by atoms with van der Waals surface area (Å²) in [6.07, 6.45) is 1.13. The first-order valence-electron chi connectivity index (χ1n) is 7.38. The molecule has 1 atom stereocenters. The SMILES string of the molecule is CCNC(CSCC)Cc1ccc(C(C)(C)C)cc1. The predicted octanol–water partition coefficient (Wildman–Crippen LogP) is 4.26. The van der Waals surface area contributed by atoms with Gasteiger partial charge in [-0.05, 0) is 35.3 Å². The highest BCUT2D eigenvalue weighted by Crippen LogP contribution is 2.22. The van der Waals surface area contributed by atoms with E-state index in [1.54, 1.807) is 0 Å². The van der Waals surface area contributed by atoms with E-state index >= 15 is 0 Å². The van der Waals surface area contributed by atoms with E-state index in [1.165, 1.54) is 22.6 Å². The minimum absolute atomic E-state index is 0.248. The Morgan fingerprint density at radius 1 is 1.11 bits per heavy atom. The lowest BCUT2D eigenvalue weighted by Gasteiger charge is -2.21. The molecule has 1 N–H and O–H groups in total. The van der Waals surface area contributed by atoms with E-state index in [2.05, 4.69) is 64.2 Å². The number of hydrogen-bond donors (Lipinski definition) is 1. The molecule has 0 radical (unpaired) electrons. The van der Waals surface area contributed by atoms with E-state index in [0.717, 1.165) is 13.0 Å². The molecule has 2 heteroatoms. The lowest BCUT2D eigenvalue weighted by atomic mass is 9.86. The zero-order valence-corrected chi connectivity index (χ0v) is 13.9. The highest BCUT2D eigenvalue weighted by Gasteiger charge is 2.14. The molecule has 1 aromatic rings. The van der Waals surface area contributed by atoms with Crippen molar-refractivity contribution in [2.24, 2.45) is 0 Å². The quantitative estimate of drug-likeness (QED) is 0.800. The van der Waals surface area contributed by atoms with Gasteiger partial charge in [0.1, 0.15) is 0 Å². The molecule has 0 fully saturated rings. The third-order valence-electron chi connectivity index (χ3n) is 3.32. The molecule has 19 heavy (non-hydrogen) atoms. The van der Waals surface area contributed by atoms with Crippen LogP contribution in [0.5, 0.6) is 0 Å². The monoisotopic (exact) mass is 279 g/mol. The van der Waals surface area contributed by atoms with Gasteiger partial charge in [-0.2, -0.15) is 11.8 Å². The van der Waals surface area contributed by atoms with Crippen LogP contribution in [0.25, 0.3) is 0 Å². The maximum absolute atomic E-state index is 3.59. The lowest BCUT2D eigenvalue weighted by Crippen LogP contribution is -2.33. The first-order valence-corrected chi connectivity index (χ1v) is 8.53. The van der Waals surface area contributed by atoms with Crippen molar-refractivity contribution in [2.75, 3.05) is 18.1 Å². The molecule has 0 amide bonds. The van der Waals surface area contributed by atoms with Gasteiger partial charge in [0.15, 0.2) is 0 Å². The van der Waals surface area contributed by atoms with Crippen molar-refractivity contribution in [3.63, 3.8) is 0 Å². The number of hydrogen-bond acceptors (Lipinski definition) is 2. The third-order valence-corrected chi connectivity index (χ3v) is 4.36. The summed E-state index contributed by atoms with van der Waals surface area (Å²) in [5.41, 5.74) is 3.10. The second kappa shape index (κ2) is 7.96. The zero-order chi connectivity index (χ0) is 14.3. The Hall–Kier alpha value is -0.470. The van der Waals surface area contributed by atoms with Crippen LogP contribution in [-0.2, 0) is 11.8 Å². The fourth-order valence-corrected chi connectivity index (χ4v) is 2.92. The first-order chi connectivity index (χ1) is 8.97. The molecule has 0 bridgehead atoms. The van der Waals surface area contributed by atoms with E-state index in [-0.39, 0.29) is 5.41 Å². The van der Waals surface area contributed by atoms with Crippen molar-refractivity contribution in [1.82, 2.24) is 5.32 Å². The van der Waals surface area contributed by atoms with Crippen LogP contribution in [0.15, 0.2) is 24.3 Å². The Kier molecular flexibility index (Phi) is 6.95. The van der Waals surface area contributed by atoms with Gasteiger partial charge in [-0.15, -0.1) is 0 Å². The van der Waals surface area contributed by atoms with Gasteiger partial charge in [0.05, 0.1) is 0 Å². The molecule has 1 aromatic carbocycles. The second-order valence-electron chi connectivity index (χ2n) is 6.07. The van der Waals surface area contributed by atoms with Crippen molar-refractivity contribution < 1.29 is 0 Å². The molecule has 0 saturated carbocycles. The Morgan fingerprint density at radius 2 is 1.74 bits per heavy atom. The van der Waals surface area contributed by atoms with E-state index in [4.69, 9.17) is 0 Å². The average molecular weight is 279 g/mol. The van der Waals surface area contributed by atoms with Crippen molar-refractivity contribution in [1.29, 1.82) is 0 Å². The molecular weight excluding hydrogens is 250 g/mol. The smallest absolute Gasteiger partial charge is 0.0198 e. The van der Waals surface area contributed by atoms with Gasteiger partial charge in [-0.1, -0.05) is 58.9 Å². The predicted molar refractivity (Wildman–Crippen MR) is 89.3 cm³/mol. The van der Waals surface area contributed by atoms with Gasteiger partial charge < -0.3 is 5.32 Å². The molecular formula is C17H29NS. The summed E-state index contributed by atoms with van der Waals surface area (Å²) in [5, 5.41) is 3.59. The van der Waals surface area contributed by atoms with Crippen LogP contribution in [0.4, 0.5) is 0 Å². The summed E-state index contributed by atoms with van der Waals surface area (Å²) >= 11 is 2.02. The summed E-state index contributed by atoms with van der Waals surface area (Å²) in [7, 11) is 0. The van der Waals surface area contributed by atoms with E-state index in [0.29, 0.717) is 6.04 Å². The molecule has 0 aliphatic carbocycles. The van der Waals surface area contributed by atoms with Crippen LogP contribution in [0.1, 0.15) is 45.7 Å². The van der Waals surface area contributed by atoms with Gasteiger partial charge >= 0.3 is 0 Å². The van der Waals surface area contributed by atoms with Crippen LogP contribution in [0.3, 0.4) is 0 Å². The largest absolute Gasteiger partial charge is 0.313 e. The van der Waals surface area contributed by atoms with Gasteiger partial charge in [-0.25, -0.2) is 0 Å². The molecule has 108 valence electrons. The Morgan fingerprint density at radius 3 is 2.21 bits per heavy atom. The molecule has 1 nitrogen and oxygen atoms in total. The minimum atomic E-state index is 0.248.